The highest BCUT2D eigenvalue weighted by Crippen LogP contribution is 2.24. The summed E-state index contributed by atoms with van der Waals surface area (Å²) in [6.07, 6.45) is -0.357. The molecule has 7 nitrogen and oxygen atoms in total. The van der Waals surface area contributed by atoms with E-state index in [1.807, 2.05) is 10.6 Å². The minimum atomic E-state index is -2.31. The summed E-state index contributed by atoms with van der Waals surface area (Å²) < 4.78 is 53.7. The van der Waals surface area contributed by atoms with Gasteiger partial charge in [-0.25, -0.2) is 22.4 Å². The number of carbonyl (C=O) groups excluding carboxylic acids is 4. The van der Waals surface area contributed by atoms with E-state index in [1.165, 1.54) is 29.8 Å². The normalized spacial score (nSPS) is 20.6. The highest BCUT2D eigenvalue weighted by atomic mass is 127. The Balaban J connectivity index is 2.46. The summed E-state index contributed by atoms with van der Waals surface area (Å²) in [6, 6.07) is -0.969. The van der Waals surface area contributed by atoms with Gasteiger partial charge in [0.15, 0.2) is 28.8 Å². The van der Waals surface area contributed by atoms with E-state index < -0.39 is 58.1 Å². The van der Waals surface area contributed by atoms with Crippen LogP contribution in [0.5, 0.6) is 0 Å². The maximum absolute atomic E-state index is 13.7. The second-order valence-corrected chi connectivity index (χ2v) is 5.87. The van der Waals surface area contributed by atoms with E-state index in [-0.39, 0.29) is 12.5 Å². The molecule has 1 saturated heterocycles. The number of imide groups is 2. The third-order valence-corrected chi connectivity index (χ3v) is 4.41. The maximum atomic E-state index is 13.7. The van der Waals surface area contributed by atoms with E-state index in [1.54, 1.807) is 0 Å². The Hall–Kier alpha value is -2.25. The zero-order chi connectivity index (χ0) is 19.1. The van der Waals surface area contributed by atoms with E-state index in [2.05, 4.69) is 0 Å². The van der Waals surface area contributed by atoms with Gasteiger partial charge in [0.05, 0.1) is 28.4 Å². The van der Waals surface area contributed by atoms with Crippen LogP contribution in [0.1, 0.15) is 23.7 Å². The first kappa shape index (κ1) is 19.1. The maximum Gasteiger partial charge on any atom is 0.340 e. The molecule has 1 aromatic carbocycles. The third-order valence-electron chi connectivity index (χ3n) is 3.53. The zero-order valence-corrected chi connectivity index (χ0v) is 14.4. The topological polar surface area (TPSA) is 95.6 Å². The van der Waals surface area contributed by atoms with Gasteiger partial charge in [-0.3, -0.25) is 19.7 Å². The van der Waals surface area contributed by atoms with E-state index in [0.717, 1.165) is 0 Å². The summed E-state index contributed by atoms with van der Waals surface area (Å²) in [5.41, 5.74) is -3.55. The molecule has 0 spiro atoms. The molecule has 5 amide bonds. The van der Waals surface area contributed by atoms with Crippen molar-refractivity contribution < 1.29 is 36.7 Å². The lowest BCUT2D eigenvalue weighted by Crippen LogP contribution is -2.72. The average Bonchev–Trinajstić information content (AvgIpc) is 2.58. The van der Waals surface area contributed by atoms with Gasteiger partial charge < -0.3 is 5.32 Å². The summed E-state index contributed by atoms with van der Waals surface area (Å²) in [4.78, 5) is 47.9. The van der Waals surface area contributed by atoms with Crippen LogP contribution < -0.4 is 10.6 Å². The van der Waals surface area contributed by atoms with Crippen LogP contribution in [0.25, 0.3) is 0 Å². The molecule has 1 atom stereocenters. The van der Waals surface area contributed by atoms with Crippen molar-refractivity contribution >= 4 is 46.6 Å². The molecule has 1 aliphatic rings. The monoisotopic (exact) mass is 473 g/mol. The fourth-order valence-corrected chi connectivity index (χ4v) is 2.65. The van der Waals surface area contributed by atoms with Crippen molar-refractivity contribution in [3.05, 3.63) is 34.9 Å². The molecule has 1 heterocycles. The number of hydrogen-bond donors (Lipinski definition) is 2. The Morgan fingerprint density at radius 2 is 1.80 bits per heavy atom. The number of rotatable bonds is 3. The highest BCUT2D eigenvalue weighted by molar-refractivity contribution is 14.1. The summed E-state index contributed by atoms with van der Waals surface area (Å²) in [6.45, 7) is 1.31. The van der Waals surface area contributed by atoms with Gasteiger partial charge in [0.25, 0.3) is 17.7 Å². The van der Waals surface area contributed by atoms with Crippen LogP contribution in [0.2, 0.25) is 0 Å². The van der Waals surface area contributed by atoms with Gasteiger partial charge in [-0.1, -0.05) is 6.92 Å². The molecule has 0 aromatic heterocycles. The van der Waals surface area contributed by atoms with E-state index in [0.29, 0.717) is 3.11 Å². The number of barbiturate groups is 1. The van der Waals surface area contributed by atoms with E-state index >= 15 is 0 Å². The molecule has 1 aromatic rings. The first-order chi connectivity index (χ1) is 11.6. The molecule has 0 radical (unpaired) electrons. The van der Waals surface area contributed by atoms with Crippen molar-refractivity contribution in [2.24, 2.45) is 0 Å². The SMILES string of the molecule is CCC1(NC(=O)c2cc(F)c(F)c(F)c2F)C(=O)NC(=O)N(I)C1=O. The molecular weight excluding hydrogens is 465 g/mol. The Bertz CT molecular complexity index is 819. The Labute approximate surface area is 151 Å². The minimum absolute atomic E-state index is 0.0879. The van der Waals surface area contributed by atoms with Crippen LogP contribution in [-0.2, 0) is 9.59 Å². The van der Waals surface area contributed by atoms with Crippen molar-refractivity contribution in [1.29, 1.82) is 0 Å². The van der Waals surface area contributed by atoms with Gasteiger partial charge in [-0.05, 0) is 12.5 Å². The predicted molar refractivity (Wildman–Crippen MR) is 81.2 cm³/mol. The van der Waals surface area contributed by atoms with Crippen molar-refractivity contribution in [3.8, 4) is 0 Å². The first-order valence-electron chi connectivity index (χ1n) is 6.58. The third kappa shape index (κ3) is 2.94. The molecule has 12 heteroatoms. The van der Waals surface area contributed by atoms with Crippen LogP contribution in [-0.4, -0.2) is 32.4 Å². The fraction of sp³-hybridized carbons (Fsp3) is 0.231. The molecule has 2 rings (SSSR count). The van der Waals surface area contributed by atoms with E-state index in [9.17, 15) is 36.7 Å². The first-order valence-corrected chi connectivity index (χ1v) is 7.54. The number of halogens is 5. The molecule has 0 bridgehead atoms. The summed E-state index contributed by atoms with van der Waals surface area (Å²) >= 11 is 1.28. The van der Waals surface area contributed by atoms with Crippen molar-refractivity contribution in [2.45, 2.75) is 18.9 Å². The molecule has 1 aliphatic heterocycles. The largest absolute Gasteiger partial charge is 0.340 e. The number of nitrogens with zero attached hydrogens (tertiary/aromatic N) is 1. The van der Waals surface area contributed by atoms with Crippen LogP contribution in [0.3, 0.4) is 0 Å². The average molecular weight is 473 g/mol. The van der Waals surface area contributed by atoms with Crippen LogP contribution in [0.15, 0.2) is 6.07 Å². The minimum Gasteiger partial charge on any atom is -0.330 e. The summed E-state index contributed by atoms with van der Waals surface area (Å²) in [7, 11) is 0. The zero-order valence-electron chi connectivity index (χ0n) is 12.3. The number of urea groups is 1. The standard InChI is InChI=1S/C13H8F4IN3O4/c1-2-13(10(23)19-12(25)21(18)11(13)24)20-9(22)4-3-5(14)7(16)8(17)6(4)15/h3H,2H2,1H3,(H,20,22)(H,19,23,25). The smallest absolute Gasteiger partial charge is 0.330 e. The second-order valence-electron chi connectivity index (χ2n) is 4.91. The molecule has 0 aliphatic carbocycles. The quantitative estimate of drug-likeness (QED) is 0.174. The fourth-order valence-electron chi connectivity index (χ4n) is 2.12. The molecule has 2 N–H and O–H groups in total. The van der Waals surface area contributed by atoms with Crippen molar-refractivity contribution in [3.63, 3.8) is 0 Å². The molecule has 25 heavy (non-hydrogen) atoms. The Kier molecular flexibility index (Phi) is 5.02. The molecule has 134 valence electrons. The lowest BCUT2D eigenvalue weighted by atomic mass is 9.91. The number of hydrogen-bond acceptors (Lipinski definition) is 4. The number of nitrogens with one attached hydrogen (secondary N) is 2. The molecule has 1 fully saturated rings. The lowest BCUT2D eigenvalue weighted by Gasteiger charge is -2.36. The van der Waals surface area contributed by atoms with Gasteiger partial charge in [0.1, 0.15) is 0 Å². The van der Waals surface area contributed by atoms with Crippen molar-refractivity contribution in [2.75, 3.05) is 0 Å². The van der Waals surface area contributed by atoms with Gasteiger partial charge in [0.2, 0.25) is 0 Å². The van der Waals surface area contributed by atoms with Gasteiger partial charge in [0, 0.05) is 0 Å². The number of carbonyl (C=O) groups is 4. The summed E-state index contributed by atoms with van der Waals surface area (Å²) in [5.74, 6) is -12.0. The van der Waals surface area contributed by atoms with E-state index in [4.69, 9.17) is 0 Å². The Morgan fingerprint density at radius 1 is 1.20 bits per heavy atom. The molecular formula is C13H8F4IN3O4. The Morgan fingerprint density at radius 3 is 2.36 bits per heavy atom. The van der Waals surface area contributed by atoms with Crippen LogP contribution in [0.4, 0.5) is 22.4 Å². The molecule has 1 unspecified atom stereocenters. The lowest BCUT2D eigenvalue weighted by molar-refractivity contribution is -0.142. The van der Waals surface area contributed by atoms with Crippen LogP contribution in [0, 0.1) is 23.3 Å². The number of amides is 5. The van der Waals surface area contributed by atoms with Gasteiger partial charge >= 0.3 is 6.03 Å². The summed E-state index contributed by atoms with van der Waals surface area (Å²) in [5, 5.41) is 3.68. The highest BCUT2D eigenvalue weighted by Gasteiger charge is 2.54. The van der Waals surface area contributed by atoms with Gasteiger partial charge in [-0.2, -0.15) is 3.11 Å². The predicted octanol–water partition coefficient (Wildman–Crippen LogP) is 1.55. The number of benzene rings is 1. The molecule has 0 saturated carbocycles. The van der Waals surface area contributed by atoms with Crippen LogP contribution >= 0.6 is 22.9 Å². The second kappa shape index (κ2) is 6.57. The van der Waals surface area contributed by atoms with Gasteiger partial charge in [-0.15, -0.1) is 0 Å². The van der Waals surface area contributed by atoms with Crippen molar-refractivity contribution in [1.82, 2.24) is 13.7 Å².